The van der Waals surface area contributed by atoms with E-state index in [0.29, 0.717) is 0 Å². The van der Waals surface area contributed by atoms with Gasteiger partial charge in [-0.15, -0.1) is 0 Å². The van der Waals surface area contributed by atoms with Gasteiger partial charge in [0.05, 0.1) is 5.54 Å². The first-order valence-corrected chi connectivity index (χ1v) is 4.43. The van der Waals surface area contributed by atoms with Crippen LogP contribution in [0.5, 0.6) is 0 Å². The van der Waals surface area contributed by atoms with Crippen LogP contribution in [0.15, 0.2) is 0 Å². The summed E-state index contributed by atoms with van der Waals surface area (Å²) in [6, 6.07) is 0. The molecule has 1 heterocycles. The molecular formula is C9H18N2O. The van der Waals surface area contributed by atoms with E-state index in [2.05, 4.69) is 0 Å². The Morgan fingerprint density at radius 3 is 2.08 bits per heavy atom. The molecule has 1 aliphatic rings. The molecule has 1 fully saturated rings. The van der Waals surface area contributed by atoms with Crippen LogP contribution in [-0.2, 0) is 4.79 Å². The Balaban J connectivity index is 2.60. The second-order valence-corrected chi connectivity index (χ2v) is 4.10. The third kappa shape index (κ3) is 1.46. The van der Waals surface area contributed by atoms with Crippen LogP contribution in [0.3, 0.4) is 0 Å². The van der Waals surface area contributed by atoms with Crippen molar-refractivity contribution in [1.82, 2.24) is 9.80 Å². The smallest absolute Gasteiger partial charge is 0.242 e. The van der Waals surface area contributed by atoms with E-state index < -0.39 is 0 Å². The molecule has 1 rings (SSSR count). The Hall–Kier alpha value is -0.570. The van der Waals surface area contributed by atoms with E-state index in [1.165, 1.54) is 0 Å². The summed E-state index contributed by atoms with van der Waals surface area (Å²) in [7, 11) is 3.88. The molecule has 1 amide bonds. The molecule has 0 radical (unpaired) electrons. The summed E-state index contributed by atoms with van der Waals surface area (Å²) in [5.74, 6) is 0.249. The predicted molar refractivity (Wildman–Crippen MR) is 49.0 cm³/mol. The summed E-state index contributed by atoms with van der Waals surface area (Å²) in [6.45, 7) is 5.81. The first-order chi connectivity index (χ1) is 5.46. The minimum Gasteiger partial charge on any atom is -0.341 e. The maximum absolute atomic E-state index is 11.8. The molecule has 0 aromatic carbocycles. The number of carbonyl (C=O) groups is 1. The zero-order valence-electron chi connectivity index (χ0n) is 8.42. The van der Waals surface area contributed by atoms with Crippen LogP contribution in [0.25, 0.3) is 0 Å². The Bertz CT molecular complexity index is 183. The molecule has 0 saturated carbocycles. The van der Waals surface area contributed by atoms with Crippen LogP contribution in [-0.4, -0.2) is 48.4 Å². The van der Waals surface area contributed by atoms with Gasteiger partial charge in [-0.2, -0.15) is 0 Å². The van der Waals surface area contributed by atoms with Gasteiger partial charge in [-0.25, -0.2) is 0 Å². The number of carbonyl (C=O) groups excluding carboxylic acids is 1. The lowest BCUT2D eigenvalue weighted by Crippen LogP contribution is -2.57. The largest absolute Gasteiger partial charge is 0.341 e. The molecule has 1 saturated heterocycles. The lowest BCUT2D eigenvalue weighted by atomic mass is 10.00. The van der Waals surface area contributed by atoms with Gasteiger partial charge in [0, 0.05) is 13.1 Å². The molecule has 0 bridgehead atoms. The van der Waals surface area contributed by atoms with Crippen molar-refractivity contribution in [3.63, 3.8) is 0 Å². The predicted octanol–water partition coefficient (Wildman–Crippen LogP) is 0.559. The molecule has 3 heteroatoms. The Labute approximate surface area is 74.3 Å². The van der Waals surface area contributed by atoms with Crippen molar-refractivity contribution in [3.05, 3.63) is 0 Å². The summed E-state index contributed by atoms with van der Waals surface area (Å²) < 4.78 is 0. The zero-order valence-corrected chi connectivity index (χ0v) is 8.42. The highest BCUT2D eigenvalue weighted by atomic mass is 16.2. The van der Waals surface area contributed by atoms with Gasteiger partial charge < -0.3 is 4.90 Å². The highest BCUT2D eigenvalue weighted by molar-refractivity contribution is 5.85. The van der Waals surface area contributed by atoms with Crippen molar-refractivity contribution in [3.8, 4) is 0 Å². The van der Waals surface area contributed by atoms with E-state index in [0.717, 1.165) is 19.5 Å². The fraction of sp³-hybridized carbons (Fsp3) is 0.889. The lowest BCUT2D eigenvalue weighted by molar-refractivity contribution is -0.144. The second-order valence-electron chi connectivity index (χ2n) is 4.10. The minimum absolute atomic E-state index is 0.249. The summed E-state index contributed by atoms with van der Waals surface area (Å²) >= 11 is 0. The maximum atomic E-state index is 11.8. The molecular weight excluding hydrogens is 152 g/mol. The lowest BCUT2D eigenvalue weighted by Gasteiger charge is -2.40. The average molecular weight is 170 g/mol. The van der Waals surface area contributed by atoms with Crippen LogP contribution in [0, 0.1) is 0 Å². The SMILES string of the molecule is CN(C)C(C)(C)C(=O)N1CCC1. The molecule has 0 N–H and O–H groups in total. The van der Waals surface area contributed by atoms with E-state index >= 15 is 0 Å². The molecule has 0 aromatic heterocycles. The third-order valence-electron chi connectivity index (χ3n) is 2.78. The van der Waals surface area contributed by atoms with Crippen LogP contribution < -0.4 is 0 Å². The highest BCUT2D eigenvalue weighted by Gasteiger charge is 2.35. The van der Waals surface area contributed by atoms with Crippen molar-refractivity contribution >= 4 is 5.91 Å². The van der Waals surface area contributed by atoms with Gasteiger partial charge in [-0.05, 0) is 34.4 Å². The molecule has 0 spiro atoms. The van der Waals surface area contributed by atoms with Crippen LogP contribution in [0.4, 0.5) is 0 Å². The van der Waals surface area contributed by atoms with Crippen molar-refractivity contribution < 1.29 is 4.79 Å². The van der Waals surface area contributed by atoms with E-state index in [-0.39, 0.29) is 11.4 Å². The van der Waals surface area contributed by atoms with Crippen molar-refractivity contribution in [1.29, 1.82) is 0 Å². The molecule has 0 atom stereocenters. The number of nitrogens with zero attached hydrogens (tertiary/aromatic N) is 2. The molecule has 0 aromatic rings. The van der Waals surface area contributed by atoms with E-state index in [1.807, 2.05) is 37.7 Å². The highest BCUT2D eigenvalue weighted by Crippen LogP contribution is 2.18. The van der Waals surface area contributed by atoms with Gasteiger partial charge in [0.15, 0.2) is 0 Å². The molecule has 0 unspecified atom stereocenters. The van der Waals surface area contributed by atoms with Gasteiger partial charge in [-0.3, -0.25) is 9.69 Å². The fourth-order valence-corrected chi connectivity index (χ4v) is 1.10. The van der Waals surface area contributed by atoms with Crippen LogP contribution >= 0.6 is 0 Å². The topological polar surface area (TPSA) is 23.6 Å². The van der Waals surface area contributed by atoms with Crippen LogP contribution in [0.2, 0.25) is 0 Å². The van der Waals surface area contributed by atoms with E-state index in [1.54, 1.807) is 0 Å². The van der Waals surface area contributed by atoms with Gasteiger partial charge >= 0.3 is 0 Å². The Morgan fingerprint density at radius 1 is 1.33 bits per heavy atom. The quantitative estimate of drug-likeness (QED) is 0.604. The summed E-state index contributed by atoms with van der Waals surface area (Å²) in [5.41, 5.74) is -0.347. The summed E-state index contributed by atoms with van der Waals surface area (Å²) in [6.07, 6.45) is 1.16. The van der Waals surface area contributed by atoms with E-state index in [4.69, 9.17) is 0 Å². The van der Waals surface area contributed by atoms with Crippen molar-refractivity contribution in [2.75, 3.05) is 27.2 Å². The number of hydrogen-bond acceptors (Lipinski definition) is 2. The minimum atomic E-state index is -0.347. The van der Waals surface area contributed by atoms with E-state index in [9.17, 15) is 4.79 Å². The maximum Gasteiger partial charge on any atom is 0.242 e. The van der Waals surface area contributed by atoms with Gasteiger partial charge in [0.1, 0.15) is 0 Å². The number of rotatable bonds is 2. The monoisotopic (exact) mass is 170 g/mol. The van der Waals surface area contributed by atoms with Gasteiger partial charge in [0.2, 0.25) is 5.91 Å². The third-order valence-corrected chi connectivity index (χ3v) is 2.78. The Morgan fingerprint density at radius 2 is 1.83 bits per heavy atom. The van der Waals surface area contributed by atoms with Gasteiger partial charge in [-0.1, -0.05) is 0 Å². The van der Waals surface area contributed by atoms with Crippen molar-refractivity contribution in [2.45, 2.75) is 25.8 Å². The molecule has 3 nitrogen and oxygen atoms in total. The first kappa shape index (κ1) is 9.52. The fourth-order valence-electron chi connectivity index (χ4n) is 1.10. The summed E-state index contributed by atoms with van der Waals surface area (Å²) in [4.78, 5) is 15.7. The molecule has 0 aliphatic carbocycles. The standard InChI is InChI=1S/C9H18N2O/c1-9(2,10(3)4)8(12)11-6-5-7-11/h5-7H2,1-4H3. The van der Waals surface area contributed by atoms with Crippen molar-refractivity contribution in [2.24, 2.45) is 0 Å². The molecule has 70 valence electrons. The Kier molecular flexibility index (Phi) is 2.42. The number of hydrogen-bond donors (Lipinski definition) is 0. The molecule has 12 heavy (non-hydrogen) atoms. The normalized spacial score (nSPS) is 17.9. The number of likely N-dealkylation sites (tertiary alicyclic amines) is 1. The average Bonchev–Trinajstić information content (AvgIpc) is 1.83. The van der Waals surface area contributed by atoms with Crippen LogP contribution in [0.1, 0.15) is 20.3 Å². The zero-order chi connectivity index (χ0) is 9.35. The first-order valence-electron chi connectivity index (χ1n) is 4.43. The molecule has 1 aliphatic heterocycles. The summed E-state index contributed by atoms with van der Waals surface area (Å²) in [5, 5.41) is 0. The van der Waals surface area contributed by atoms with Gasteiger partial charge in [0.25, 0.3) is 0 Å². The second kappa shape index (κ2) is 3.05. The number of likely N-dealkylation sites (N-methyl/N-ethyl adjacent to an activating group) is 1. The number of amides is 1.